The average Bonchev–Trinajstić information content (AvgIpc) is 2.99. The highest BCUT2D eigenvalue weighted by atomic mass is 32.1. The van der Waals surface area contributed by atoms with Crippen LogP contribution in [0, 0.1) is 0 Å². The molecule has 0 saturated heterocycles. The van der Waals surface area contributed by atoms with Gasteiger partial charge in [-0.25, -0.2) is 0 Å². The summed E-state index contributed by atoms with van der Waals surface area (Å²) in [4.78, 5) is 13.2. The molecule has 0 aliphatic heterocycles. The highest BCUT2D eigenvalue weighted by Crippen LogP contribution is 2.06. The van der Waals surface area contributed by atoms with E-state index in [-0.39, 0.29) is 11.7 Å². The van der Waals surface area contributed by atoms with Crippen LogP contribution in [-0.4, -0.2) is 25.1 Å². The maximum Gasteiger partial charge on any atom is 0.305 e. The fourth-order valence-corrected chi connectivity index (χ4v) is 2.06. The fourth-order valence-electron chi connectivity index (χ4n) is 1.94. The van der Waals surface area contributed by atoms with Crippen LogP contribution < -0.4 is 21.1 Å². The summed E-state index contributed by atoms with van der Waals surface area (Å²) in [6, 6.07) is 13.3. The first-order valence-electron chi connectivity index (χ1n) is 7.30. The standard InChI is InChI=1S/C16H20N4O2S/c1-20(2)11-13-8-9-14(22-13)15(21)18-19-16(23)17-10-12-6-4-3-5-7-12/h3-9H,10-11H2,1-2H3,(H,18,21)(H2,17,19,23)/p+1. The summed E-state index contributed by atoms with van der Waals surface area (Å²) < 4.78 is 5.48. The Morgan fingerprint density at radius 3 is 2.57 bits per heavy atom. The lowest BCUT2D eigenvalue weighted by atomic mass is 10.2. The third kappa shape index (κ3) is 5.72. The van der Waals surface area contributed by atoms with Crippen LogP contribution in [0.1, 0.15) is 21.9 Å². The Labute approximate surface area is 140 Å². The number of hydrogen-bond acceptors (Lipinski definition) is 3. The van der Waals surface area contributed by atoms with Gasteiger partial charge in [-0.3, -0.25) is 15.6 Å². The predicted octanol–water partition coefficient (Wildman–Crippen LogP) is 0.233. The molecular formula is C16H21N4O2S+. The van der Waals surface area contributed by atoms with Gasteiger partial charge in [-0.15, -0.1) is 0 Å². The Morgan fingerprint density at radius 1 is 1.13 bits per heavy atom. The quantitative estimate of drug-likeness (QED) is 0.466. The first-order chi connectivity index (χ1) is 11.0. The maximum absolute atomic E-state index is 12.0. The Hall–Kier alpha value is -2.38. The van der Waals surface area contributed by atoms with Gasteiger partial charge in [-0.1, -0.05) is 30.3 Å². The molecule has 0 fully saturated rings. The van der Waals surface area contributed by atoms with Crippen molar-refractivity contribution in [1.29, 1.82) is 0 Å². The first-order valence-corrected chi connectivity index (χ1v) is 7.71. The number of thiocarbonyl (C=S) groups is 1. The summed E-state index contributed by atoms with van der Waals surface area (Å²) in [7, 11) is 4.03. The van der Waals surface area contributed by atoms with Crippen LogP contribution in [0.3, 0.4) is 0 Å². The van der Waals surface area contributed by atoms with Crippen molar-refractivity contribution in [2.45, 2.75) is 13.1 Å². The zero-order valence-electron chi connectivity index (χ0n) is 13.2. The molecule has 1 amide bonds. The number of furan rings is 1. The Bertz CT molecular complexity index is 655. The van der Waals surface area contributed by atoms with Gasteiger partial charge in [0.2, 0.25) is 0 Å². The van der Waals surface area contributed by atoms with Gasteiger partial charge in [0.1, 0.15) is 6.54 Å². The largest absolute Gasteiger partial charge is 0.450 e. The summed E-state index contributed by atoms with van der Waals surface area (Å²) in [5.74, 6) is 0.647. The van der Waals surface area contributed by atoms with Crippen molar-refractivity contribution < 1.29 is 14.1 Å². The van der Waals surface area contributed by atoms with Gasteiger partial charge in [0.15, 0.2) is 16.6 Å². The lowest BCUT2D eigenvalue weighted by molar-refractivity contribution is -0.873. The van der Waals surface area contributed by atoms with Crippen molar-refractivity contribution in [2.24, 2.45) is 0 Å². The molecule has 0 radical (unpaired) electrons. The van der Waals surface area contributed by atoms with Gasteiger partial charge >= 0.3 is 5.91 Å². The van der Waals surface area contributed by atoms with Crippen molar-refractivity contribution in [2.75, 3.05) is 14.1 Å². The Kier molecular flexibility index (Phi) is 6.13. The van der Waals surface area contributed by atoms with E-state index in [0.717, 1.165) is 17.9 Å². The summed E-state index contributed by atoms with van der Waals surface area (Å²) in [5, 5.41) is 3.35. The number of hydrazine groups is 1. The molecule has 0 atom stereocenters. The molecule has 7 heteroatoms. The molecule has 23 heavy (non-hydrogen) atoms. The van der Waals surface area contributed by atoms with Crippen molar-refractivity contribution in [3.63, 3.8) is 0 Å². The summed E-state index contributed by atoms with van der Waals surface area (Å²) >= 11 is 5.11. The number of hydrogen-bond donors (Lipinski definition) is 4. The molecule has 1 aromatic carbocycles. The molecule has 0 aliphatic carbocycles. The van der Waals surface area contributed by atoms with Gasteiger partial charge < -0.3 is 14.6 Å². The number of carbonyl (C=O) groups excluding carboxylic acids is 1. The van der Waals surface area contributed by atoms with Gasteiger partial charge in [-0.05, 0) is 29.9 Å². The van der Waals surface area contributed by atoms with E-state index in [9.17, 15) is 4.79 Å². The SMILES string of the molecule is C[NH+](C)Cc1ccc(C(=O)NNC(=S)NCc2ccccc2)o1. The number of carbonyl (C=O) groups is 1. The Balaban J connectivity index is 1.75. The molecule has 0 spiro atoms. The van der Waals surface area contributed by atoms with Crippen molar-refractivity contribution in [3.8, 4) is 0 Å². The van der Waals surface area contributed by atoms with E-state index in [1.54, 1.807) is 12.1 Å². The van der Waals surface area contributed by atoms with Crippen LogP contribution in [0.4, 0.5) is 0 Å². The number of nitrogens with one attached hydrogen (secondary N) is 4. The zero-order chi connectivity index (χ0) is 16.7. The Morgan fingerprint density at radius 2 is 1.87 bits per heavy atom. The molecule has 0 saturated carbocycles. The maximum atomic E-state index is 12.0. The van der Waals surface area contributed by atoms with Crippen LogP contribution in [-0.2, 0) is 13.1 Å². The second-order valence-electron chi connectivity index (χ2n) is 5.40. The second kappa shape index (κ2) is 8.30. The lowest BCUT2D eigenvalue weighted by Gasteiger charge is -2.10. The third-order valence-electron chi connectivity index (χ3n) is 3.00. The van der Waals surface area contributed by atoms with Crippen molar-refractivity contribution in [3.05, 3.63) is 59.5 Å². The van der Waals surface area contributed by atoms with Gasteiger partial charge in [0.25, 0.3) is 0 Å². The third-order valence-corrected chi connectivity index (χ3v) is 3.25. The molecule has 6 nitrogen and oxygen atoms in total. The molecule has 0 bridgehead atoms. The van der Waals surface area contributed by atoms with Crippen LogP contribution in [0.25, 0.3) is 0 Å². The van der Waals surface area contributed by atoms with Crippen LogP contribution in [0.2, 0.25) is 0 Å². The molecule has 2 aromatic rings. The molecule has 2 rings (SSSR count). The minimum absolute atomic E-state index is 0.250. The van der Waals surface area contributed by atoms with E-state index in [2.05, 4.69) is 16.2 Å². The van der Waals surface area contributed by atoms with Gasteiger partial charge in [0.05, 0.1) is 14.1 Å². The van der Waals surface area contributed by atoms with Crippen LogP contribution in [0.15, 0.2) is 46.9 Å². The number of amides is 1. The molecule has 0 aliphatic rings. The number of rotatable bonds is 5. The lowest BCUT2D eigenvalue weighted by Crippen LogP contribution is -3.04. The smallest absolute Gasteiger partial charge is 0.305 e. The van der Waals surface area contributed by atoms with E-state index >= 15 is 0 Å². The van der Waals surface area contributed by atoms with Gasteiger partial charge in [0, 0.05) is 6.54 Å². The van der Waals surface area contributed by atoms with Crippen LogP contribution >= 0.6 is 12.2 Å². The molecular weight excluding hydrogens is 312 g/mol. The van der Waals surface area contributed by atoms with Crippen molar-refractivity contribution >= 4 is 23.2 Å². The molecule has 4 N–H and O–H groups in total. The molecule has 0 unspecified atom stereocenters. The molecule has 1 heterocycles. The summed E-state index contributed by atoms with van der Waals surface area (Å²) in [5.41, 5.74) is 6.27. The summed E-state index contributed by atoms with van der Waals surface area (Å²) in [6.07, 6.45) is 0. The number of quaternary nitrogens is 1. The van der Waals surface area contributed by atoms with Gasteiger partial charge in [-0.2, -0.15) is 0 Å². The topological polar surface area (TPSA) is 70.7 Å². The summed E-state index contributed by atoms with van der Waals surface area (Å²) in [6.45, 7) is 1.30. The zero-order valence-corrected chi connectivity index (χ0v) is 14.0. The fraction of sp³-hybridized carbons (Fsp3) is 0.250. The average molecular weight is 333 g/mol. The van der Waals surface area contributed by atoms with E-state index in [4.69, 9.17) is 16.6 Å². The monoisotopic (exact) mass is 333 g/mol. The van der Waals surface area contributed by atoms with E-state index < -0.39 is 0 Å². The van der Waals surface area contributed by atoms with E-state index in [1.807, 2.05) is 44.4 Å². The molecule has 122 valence electrons. The second-order valence-corrected chi connectivity index (χ2v) is 5.81. The van der Waals surface area contributed by atoms with E-state index in [0.29, 0.717) is 11.7 Å². The number of benzene rings is 1. The predicted molar refractivity (Wildman–Crippen MR) is 91.7 cm³/mol. The molecule has 1 aromatic heterocycles. The minimum atomic E-state index is -0.367. The van der Waals surface area contributed by atoms with Crippen LogP contribution in [0.5, 0.6) is 0 Å². The minimum Gasteiger partial charge on any atom is -0.450 e. The van der Waals surface area contributed by atoms with E-state index in [1.165, 1.54) is 4.90 Å². The highest BCUT2D eigenvalue weighted by Gasteiger charge is 2.12. The highest BCUT2D eigenvalue weighted by molar-refractivity contribution is 7.80. The first kappa shape index (κ1) is 17.0. The normalized spacial score (nSPS) is 10.4. The van der Waals surface area contributed by atoms with Crippen molar-refractivity contribution in [1.82, 2.24) is 16.2 Å².